The van der Waals surface area contributed by atoms with Crippen LogP contribution in [-0.2, 0) is 6.54 Å². The molecular weight excluding hydrogens is 398 g/mol. The van der Waals surface area contributed by atoms with E-state index in [0.29, 0.717) is 28.6 Å². The summed E-state index contributed by atoms with van der Waals surface area (Å²) in [4.78, 5) is 0. The predicted molar refractivity (Wildman–Crippen MR) is 122 cm³/mol. The number of thiocarbonyl (C=S) groups is 1. The molecule has 1 heterocycles. The lowest BCUT2D eigenvalue weighted by molar-refractivity contribution is 0.429. The second kappa shape index (κ2) is 8.46. The van der Waals surface area contributed by atoms with Crippen molar-refractivity contribution in [2.45, 2.75) is 6.54 Å². The van der Waals surface area contributed by atoms with Crippen molar-refractivity contribution in [3.05, 3.63) is 84.2 Å². The molecule has 30 heavy (non-hydrogen) atoms. The van der Waals surface area contributed by atoms with Crippen molar-refractivity contribution in [3.63, 3.8) is 0 Å². The number of azo groups is 1. The number of anilines is 1. The van der Waals surface area contributed by atoms with Crippen LogP contribution in [0.1, 0.15) is 5.56 Å². The molecule has 0 spiro atoms. The molecule has 0 aliphatic heterocycles. The van der Waals surface area contributed by atoms with Crippen molar-refractivity contribution < 1.29 is 9.50 Å². The first kappa shape index (κ1) is 19.8. The highest BCUT2D eigenvalue weighted by molar-refractivity contribution is 7.80. The molecule has 0 aliphatic carbocycles. The maximum atomic E-state index is 13.9. The summed E-state index contributed by atoms with van der Waals surface area (Å²) in [6.45, 7) is 0.401. The minimum atomic E-state index is -0.432. The maximum Gasteiger partial charge on any atom is 0.221 e. The van der Waals surface area contributed by atoms with E-state index in [4.69, 9.17) is 20.1 Å². The van der Waals surface area contributed by atoms with Crippen LogP contribution in [0.2, 0.25) is 0 Å². The predicted octanol–water partition coefficient (Wildman–Crippen LogP) is 4.81. The van der Waals surface area contributed by atoms with Crippen LogP contribution >= 0.6 is 12.2 Å². The van der Waals surface area contributed by atoms with Crippen LogP contribution in [0.15, 0.2) is 83.0 Å². The van der Waals surface area contributed by atoms with E-state index in [2.05, 4.69) is 15.5 Å². The lowest BCUT2D eigenvalue weighted by Gasteiger charge is -2.07. The van der Waals surface area contributed by atoms with Gasteiger partial charge in [-0.2, -0.15) is 0 Å². The summed E-state index contributed by atoms with van der Waals surface area (Å²) in [7, 11) is 5.67. The first-order valence-corrected chi connectivity index (χ1v) is 9.55. The third-order valence-corrected chi connectivity index (χ3v) is 4.74. The number of hydrogen-bond acceptors (Lipinski definition) is 3. The smallest absolute Gasteiger partial charge is 0.221 e. The second-order valence-corrected chi connectivity index (χ2v) is 7.04. The first-order valence-electron chi connectivity index (χ1n) is 9.14. The Bertz CT molecular complexity index is 1240. The molecule has 2 radical (unpaired) electrons. The minimum absolute atomic E-state index is 0.0968. The molecule has 0 fully saturated rings. The third kappa shape index (κ3) is 4.23. The van der Waals surface area contributed by atoms with Gasteiger partial charge in [-0.3, -0.25) is 0 Å². The first-order chi connectivity index (χ1) is 14.5. The highest BCUT2D eigenvalue weighted by Crippen LogP contribution is 2.39. The van der Waals surface area contributed by atoms with E-state index in [1.165, 1.54) is 12.1 Å². The molecule has 2 N–H and O–H groups in total. The number of aromatic nitrogens is 1. The number of nitrogens with one attached hydrogen (secondary N) is 1. The molecule has 0 atom stereocenters. The SMILES string of the molecule is [B]c1ccc(NC(=S)N=Nc2c(O)n(Cc3ccccc3)c3ccc(F)cc23)cc1. The molecule has 3 aromatic carbocycles. The van der Waals surface area contributed by atoms with Crippen LogP contribution in [0, 0.1) is 5.82 Å². The standard InChI is InChI=1S/C22H16BFN4OS/c23-15-6-9-17(10-7-15)25-22(30)27-26-20-18-12-16(24)8-11-19(18)28(21(20)29)13-14-4-2-1-3-5-14/h1-12,29H,13H2,(H,25,30). The minimum Gasteiger partial charge on any atom is -0.493 e. The van der Waals surface area contributed by atoms with Crippen LogP contribution in [-0.4, -0.2) is 22.6 Å². The lowest BCUT2D eigenvalue weighted by Crippen LogP contribution is -2.07. The van der Waals surface area contributed by atoms with Gasteiger partial charge in [0.15, 0.2) is 5.69 Å². The summed E-state index contributed by atoms with van der Waals surface area (Å²) in [6.07, 6.45) is 0. The molecule has 8 heteroatoms. The maximum absolute atomic E-state index is 13.9. The summed E-state index contributed by atoms with van der Waals surface area (Å²) < 4.78 is 15.6. The van der Waals surface area contributed by atoms with Crippen LogP contribution in [0.3, 0.4) is 0 Å². The van der Waals surface area contributed by atoms with E-state index in [1.807, 2.05) is 30.3 Å². The fourth-order valence-electron chi connectivity index (χ4n) is 3.13. The van der Waals surface area contributed by atoms with Crippen molar-refractivity contribution in [2.24, 2.45) is 10.2 Å². The number of rotatable bonds is 4. The van der Waals surface area contributed by atoms with Crippen molar-refractivity contribution in [3.8, 4) is 5.88 Å². The summed E-state index contributed by atoms with van der Waals surface area (Å²) in [5.74, 6) is -0.545. The van der Waals surface area contributed by atoms with Gasteiger partial charge in [0.05, 0.1) is 12.1 Å². The van der Waals surface area contributed by atoms with Gasteiger partial charge in [0.2, 0.25) is 11.0 Å². The summed E-state index contributed by atoms with van der Waals surface area (Å²) in [5, 5.41) is 22.4. The highest BCUT2D eigenvalue weighted by Gasteiger charge is 2.18. The number of fused-ring (bicyclic) bond motifs is 1. The van der Waals surface area contributed by atoms with Crippen molar-refractivity contribution in [1.29, 1.82) is 0 Å². The van der Waals surface area contributed by atoms with E-state index >= 15 is 0 Å². The van der Waals surface area contributed by atoms with Gasteiger partial charge < -0.3 is 15.0 Å². The Balaban J connectivity index is 1.66. The molecule has 1 aromatic heterocycles. The van der Waals surface area contributed by atoms with Crippen LogP contribution < -0.4 is 10.8 Å². The average molecular weight is 414 g/mol. The lowest BCUT2D eigenvalue weighted by atomic mass is 9.96. The molecule has 0 amide bonds. The van der Waals surface area contributed by atoms with Crippen molar-refractivity contribution in [2.75, 3.05) is 5.32 Å². The zero-order valence-corrected chi connectivity index (χ0v) is 16.6. The Hall–Kier alpha value is -3.52. The van der Waals surface area contributed by atoms with Crippen molar-refractivity contribution >= 4 is 52.9 Å². The van der Waals surface area contributed by atoms with Gasteiger partial charge in [0.1, 0.15) is 13.7 Å². The van der Waals surface area contributed by atoms with E-state index < -0.39 is 5.82 Å². The Morgan fingerprint density at radius 3 is 2.53 bits per heavy atom. The normalized spacial score (nSPS) is 11.2. The van der Waals surface area contributed by atoms with Gasteiger partial charge in [-0.15, -0.1) is 10.2 Å². The molecule has 0 aliphatic rings. The Morgan fingerprint density at radius 1 is 1.07 bits per heavy atom. The molecule has 5 nitrogen and oxygen atoms in total. The largest absolute Gasteiger partial charge is 0.493 e. The fraction of sp³-hybridized carbons (Fsp3) is 0.0455. The van der Waals surface area contributed by atoms with Gasteiger partial charge in [0.25, 0.3) is 0 Å². The van der Waals surface area contributed by atoms with E-state index in [0.717, 1.165) is 5.56 Å². The molecule has 0 saturated heterocycles. The topological polar surface area (TPSA) is 61.9 Å². The van der Waals surface area contributed by atoms with Crippen LogP contribution in [0.25, 0.3) is 10.9 Å². The molecule has 0 saturated carbocycles. The van der Waals surface area contributed by atoms with E-state index in [9.17, 15) is 9.50 Å². The van der Waals surface area contributed by atoms with Gasteiger partial charge >= 0.3 is 0 Å². The summed E-state index contributed by atoms with van der Waals surface area (Å²) in [5.41, 5.74) is 3.12. The number of halogens is 1. The summed E-state index contributed by atoms with van der Waals surface area (Å²) in [6, 6.07) is 20.9. The quantitative estimate of drug-likeness (QED) is 0.286. The number of nitrogens with zero attached hydrogens (tertiary/aromatic N) is 3. The Kier molecular flexibility index (Phi) is 5.58. The van der Waals surface area contributed by atoms with Gasteiger partial charge in [-0.1, -0.05) is 47.9 Å². The summed E-state index contributed by atoms with van der Waals surface area (Å²) >= 11 is 5.21. The molecular formula is C22H16BFN4OS. The highest BCUT2D eigenvalue weighted by atomic mass is 32.1. The zero-order valence-electron chi connectivity index (χ0n) is 15.8. The van der Waals surface area contributed by atoms with E-state index in [-0.39, 0.29) is 16.7 Å². The van der Waals surface area contributed by atoms with Gasteiger partial charge in [-0.25, -0.2) is 4.39 Å². The second-order valence-electron chi connectivity index (χ2n) is 6.66. The third-order valence-electron chi connectivity index (χ3n) is 4.56. The zero-order chi connectivity index (χ0) is 21.1. The van der Waals surface area contributed by atoms with Gasteiger partial charge in [-0.05, 0) is 48.1 Å². The Labute approximate surface area is 179 Å². The number of aromatic hydroxyl groups is 1. The molecule has 4 aromatic rings. The number of hydrogen-bond donors (Lipinski definition) is 2. The molecule has 0 bridgehead atoms. The van der Waals surface area contributed by atoms with Crippen LogP contribution in [0.4, 0.5) is 15.8 Å². The average Bonchev–Trinajstić information content (AvgIpc) is 2.99. The van der Waals surface area contributed by atoms with Gasteiger partial charge in [0, 0.05) is 11.1 Å². The molecule has 146 valence electrons. The monoisotopic (exact) mass is 414 g/mol. The molecule has 4 rings (SSSR count). The van der Waals surface area contributed by atoms with Crippen LogP contribution in [0.5, 0.6) is 5.88 Å². The Morgan fingerprint density at radius 2 is 1.80 bits per heavy atom. The van der Waals surface area contributed by atoms with E-state index in [1.54, 1.807) is 34.9 Å². The fourth-order valence-corrected chi connectivity index (χ4v) is 3.29. The number of benzene rings is 3. The molecule has 0 unspecified atom stereocenters. The van der Waals surface area contributed by atoms with Crippen molar-refractivity contribution in [1.82, 2.24) is 4.57 Å².